The van der Waals surface area contributed by atoms with Crippen molar-refractivity contribution < 1.29 is 9.53 Å². The first-order valence-electron chi connectivity index (χ1n) is 9.62. The van der Waals surface area contributed by atoms with Crippen molar-refractivity contribution in [2.75, 3.05) is 7.11 Å². The first kappa shape index (κ1) is 18.9. The van der Waals surface area contributed by atoms with Crippen LogP contribution in [0.1, 0.15) is 52.9 Å². The molecule has 0 saturated carbocycles. The third-order valence-corrected chi connectivity index (χ3v) is 5.74. The van der Waals surface area contributed by atoms with Crippen molar-refractivity contribution in [1.82, 2.24) is 19.9 Å². The lowest BCUT2D eigenvalue weighted by Gasteiger charge is -2.14. The second-order valence-corrected chi connectivity index (χ2v) is 7.99. The zero-order chi connectivity index (χ0) is 19.5. The van der Waals surface area contributed by atoms with Gasteiger partial charge in [-0.15, -0.1) is 0 Å². The predicted octanol–water partition coefficient (Wildman–Crippen LogP) is 4.09. The Hall–Kier alpha value is -2.41. The Morgan fingerprint density at radius 2 is 2.04 bits per heavy atom. The lowest BCUT2D eigenvalue weighted by molar-refractivity contribution is 0.0952. The summed E-state index contributed by atoms with van der Waals surface area (Å²) in [6.45, 7) is 0.365. The summed E-state index contributed by atoms with van der Waals surface area (Å²) in [4.78, 5) is 17.4. The Morgan fingerprint density at radius 3 is 2.86 bits per heavy atom. The van der Waals surface area contributed by atoms with Crippen LogP contribution in [0.25, 0.3) is 5.65 Å². The summed E-state index contributed by atoms with van der Waals surface area (Å²) in [6.07, 6.45) is 10.4. The van der Waals surface area contributed by atoms with Crippen molar-refractivity contribution in [1.29, 1.82) is 0 Å². The van der Waals surface area contributed by atoms with E-state index in [2.05, 4.69) is 31.3 Å². The number of halogens is 1. The first-order chi connectivity index (χ1) is 13.7. The van der Waals surface area contributed by atoms with Gasteiger partial charge in [0.05, 0.1) is 13.3 Å². The normalized spacial score (nSPS) is 14.2. The molecule has 2 heterocycles. The summed E-state index contributed by atoms with van der Waals surface area (Å²) < 4.78 is 8.17. The summed E-state index contributed by atoms with van der Waals surface area (Å²) >= 11 is 3.46. The van der Waals surface area contributed by atoms with Crippen LogP contribution in [0.2, 0.25) is 0 Å². The van der Waals surface area contributed by atoms with Crippen LogP contribution in [-0.4, -0.2) is 27.6 Å². The summed E-state index contributed by atoms with van der Waals surface area (Å²) in [5.41, 5.74) is 4.47. The molecule has 146 valence electrons. The Morgan fingerprint density at radius 1 is 1.21 bits per heavy atom. The minimum atomic E-state index is -0.185. The lowest BCUT2D eigenvalue weighted by Crippen LogP contribution is -2.23. The van der Waals surface area contributed by atoms with Gasteiger partial charge in [0.25, 0.3) is 5.91 Å². The smallest absolute Gasteiger partial charge is 0.257 e. The Bertz CT molecular complexity index is 1020. The van der Waals surface area contributed by atoms with E-state index in [0.717, 1.165) is 35.0 Å². The number of carbonyl (C=O) groups is 1. The zero-order valence-electron chi connectivity index (χ0n) is 15.9. The van der Waals surface area contributed by atoms with E-state index in [9.17, 15) is 4.79 Å². The van der Waals surface area contributed by atoms with Gasteiger partial charge in [0, 0.05) is 28.5 Å². The van der Waals surface area contributed by atoms with E-state index in [1.54, 1.807) is 13.3 Å². The molecule has 4 rings (SSSR count). The van der Waals surface area contributed by atoms with Gasteiger partial charge >= 0.3 is 0 Å². The van der Waals surface area contributed by atoms with E-state index in [1.807, 2.05) is 28.9 Å². The van der Waals surface area contributed by atoms with E-state index >= 15 is 0 Å². The number of fused-ring (bicyclic) bond motifs is 3. The summed E-state index contributed by atoms with van der Waals surface area (Å²) in [6, 6.07) is 5.73. The molecule has 28 heavy (non-hydrogen) atoms. The molecule has 2 aromatic heterocycles. The molecule has 0 unspecified atom stereocenters. The molecule has 7 heteroatoms. The molecule has 1 amide bonds. The maximum atomic E-state index is 12.8. The molecule has 6 nitrogen and oxygen atoms in total. The van der Waals surface area contributed by atoms with Crippen LogP contribution in [0.15, 0.2) is 35.1 Å². The molecular weight excluding hydrogens is 420 g/mol. The number of hydrogen-bond donors (Lipinski definition) is 1. The van der Waals surface area contributed by atoms with Gasteiger partial charge in [-0.25, -0.2) is 9.50 Å². The molecule has 1 N–H and O–H groups in total. The highest BCUT2D eigenvalue weighted by Crippen LogP contribution is 2.24. The van der Waals surface area contributed by atoms with Crippen LogP contribution in [0.4, 0.5) is 0 Å². The van der Waals surface area contributed by atoms with Gasteiger partial charge in [0.15, 0.2) is 5.65 Å². The number of amides is 1. The van der Waals surface area contributed by atoms with Crippen molar-refractivity contribution >= 4 is 27.5 Å². The number of aromatic nitrogens is 3. The monoisotopic (exact) mass is 442 g/mol. The Labute approximate surface area is 172 Å². The standard InChI is InChI=1S/C21H23BrN4O2/c1-28-19-9-8-16(22)10-15(19)12-24-21(27)17-13-25-26-18-7-5-3-2-4-6-14(18)11-23-20(17)26/h8-11,13H,2-7,12H2,1H3,(H,24,27). The first-order valence-corrected chi connectivity index (χ1v) is 10.4. The van der Waals surface area contributed by atoms with Crippen molar-refractivity contribution in [2.24, 2.45) is 0 Å². The van der Waals surface area contributed by atoms with E-state index < -0.39 is 0 Å². The Balaban J connectivity index is 1.58. The molecule has 0 fully saturated rings. The van der Waals surface area contributed by atoms with Crippen LogP contribution < -0.4 is 10.1 Å². The van der Waals surface area contributed by atoms with Crippen molar-refractivity contribution in [3.8, 4) is 5.75 Å². The summed E-state index contributed by atoms with van der Waals surface area (Å²) in [5, 5.41) is 7.45. The molecule has 0 aliphatic heterocycles. The molecule has 1 aliphatic carbocycles. The van der Waals surface area contributed by atoms with Crippen LogP contribution in [0.5, 0.6) is 5.75 Å². The van der Waals surface area contributed by atoms with Gasteiger partial charge in [-0.3, -0.25) is 4.79 Å². The largest absolute Gasteiger partial charge is 0.496 e. The number of nitrogens with zero attached hydrogens (tertiary/aromatic N) is 3. The maximum Gasteiger partial charge on any atom is 0.257 e. The number of aryl methyl sites for hydroxylation is 2. The van der Waals surface area contributed by atoms with Crippen LogP contribution in [0, 0.1) is 0 Å². The minimum absolute atomic E-state index is 0.185. The fourth-order valence-electron chi connectivity index (χ4n) is 3.77. The maximum absolute atomic E-state index is 12.8. The number of ether oxygens (including phenoxy) is 1. The molecule has 0 saturated heterocycles. The second-order valence-electron chi connectivity index (χ2n) is 7.08. The number of carbonyl (C=O) groups excluding carboxylic acids is 1. The van der Waals surface area contributed by atoms with Crippen LogP contribution in [0.3, 0.4) is 0 Å². The predicted molar refractivity (Wildman–Crippen MR) is 111 cm³/mol. The molecular formula is C21H23BrN4O2. The van der Waals surface area contributed by atoms with Gasteiger partial charge < -0.3 is 10.1 Å². The van der Waals surface area contributed by atoms with E-state index in [4.69, 9.17) is 4.74 Å². The topological polar surface area (TPSA) is 68.5 Å². The summed E-state index contributed by atoms with van der Waals surface area (Å²) in [7, 11) is 1.62. The van der Waals surface area contributed by atoms with E-state index in [1.165, 1.54) is 30.5 Å². The average Bonchev–Trinajstić information content (AvgIpc) is 3.10. The molecule has 0 atom stereocenters. The van der Waals surface area contributed by atoms with Crippen LogP contribution in [-0.2, 0) is 19.4 Å². The zero-order valence-corrected chi connectivity index (χ0v) is 17.5. The number of nitrogens with one attached hydrogen (secondary N) is 1. The quantitative estimate of drug-likeness (QED) is 0.660. The molecule has 0 spiro atoms. The fraction of sp³-hybridized carbons (Fsp3) is 0.381. The highest BCUT2D eigenvalue weighted by molar-refractivity contribution is 9.10. The summed E-state index contributed by atoms with van der Waals surface area (Å²) in [5.74, 6) is 0.554. The fourth-order valence-corrected chi connectivity index (χ4v) is 4.17. The van der Waals surface area contributed by atoms with E-state index in [-0.39, 0.29) is 5.91 Å². The van der Waals surface area contributed by atoms with Crippen molar-refractivity contribution in [3.05, 3.63) is 57.4 Å². The minimum Gasteiger partial charge on any atom is -0.496 e. The second kappa shape index (κ2) is 8.31. The van der Waals surface area contributed by atoms with Gasteiger partial charge in [-0.2, -0.15) is 5.10 Å². The number of rotatable bonds is 4. The average molecular weight is 443 g/mol. The highest BCUT2D eigenvalue weighted by atomic mass is 79.9. The highest BCUT2D eigenvalue weighted by Gasteiger charge is 2.19. The van der Waals surface area contributed by atoms with Gasteiger partial charge in [-0.05, 0) is 49.4 Å². The molecule has 0 bridgehead atoms. The number of methoxy groups -OCH3 is 1. The number of benzene rings is 1. The molecule has 0 radical (unpaired) electrons. The SMILES string of the molecule is COc1ccc(Br)cc1CNC(=O)c1cnn2c3c(cnc12)CCCCCC3. The third-order valence-electron chi connectivity index (χ3n) is 5.25. The van der Waals surface area contributed by atoms with E-state index in [0.29, 0.717) is 17.8 Å². The molecule has 3 aromatic rings. The van der Waals surface area contributed by atoms with Gasteiger partial charge in [0.2, 0.25) is 0 Å². The van der Waals surface area contributed by atoms with Crippen molar-refractivity contribution in [3.63, 3.8) is 0 Å². The molecule has 1 aliphatic rings. The Kier molecular flexibility index (Phi) is 5.62. The van der Waals surface area contributed by atoms with Gasteiger partial charge in [-0.1, -0.05) is 28.8 Å². The lowest BCUT2D eigenvalue weighted by atomic mass is 9.98. The van der Waals surface area contributed by atoms with Gasteiger partial charge in [0.1, 0.15) is 11.3 Å². The molecule has 1 aromatic carbocycles. The number of hydrogen-bond acceptors (Lipinski definition) is 4. The third kappa shape index (κ3) is 3.76. The van der Waals surface area contributed by atoms with Crippen LogP contribution >= 0.6 is 15.9 Å². The van der Waals surface area contributed by atoms with Crippen molar-refractivity contribution in [2.45, 2.75) is 45.1 Å².